The number of allylic oxidation sites excluding steroid dienone is 2. The molecule has 6 nitrogen and oxygen atoms in total. The molecular weight excluding hydrogens is 571 g/mol. The molecule has 0 radical (unpaired) electrons. The quantitative estimate of drug-likeness (QED) is 0.0395. The maximum atomic E-state index is 12.4. The highest BCUT2D eigenvalue weighted by atomic mass is 31.2. The maximum absolute atomic E-state index is 12.4. The average molecular weight is 643 g/mol. The normalized spacial score (nSPS) is 15.5. The lowest BCUT2D eigenvalue weighted by molar-refractivity contribution is 0.0242. The molecule has 1 saturated heterocycles. The van der Waals surface area contributed by atoms with Gasteiger partial charge in [0.15, 0.2) is 6.10 Å². The van der Waals surface area contributed by atoms with Gasteiger partial charge in [0, 0.05) is 0 Å². The lowest BCUT2D eigenvalue weighted by atomic mass is 10.0. The Hall–Kier alpha value is -0.810. The summed E-state index contributed by atoms with van der Waals surface area (Å²) in [6.45, 7) is 5.54. The summed E-state index contributed by atoms with van der Waals surface area (Å²) in [7, 11) is -3.45. The van der Waals surface area contributed by atoms with Gasteiger partial charge in [-0.15, -0.1) is 0 Å². The molecule has 0 aliphatic carbocycles. The Morgan fingerprint density at radius 1 is 0.545 bits per heavy atom. The molecule has 1 atom stereocenters. The number of phosphoric ester groups is 1. The fourth-order valence-corrected chi connectivity index (χ4v) is 6.62. The highest BCUT2D eigenvalue weighted by Gasteiger charge is 2.33. The molecule has 0 aromatic carbocycles. The van der Waals surface area contributed by atoms with Crippen molar-refractivity contribution in [2.24, 2.45) is 0 Å². The molecule has 0 N–H and O–H groups in total. The highest BCUT2D eigenvalue weighted by molar-refractivity contribution is 7.48. The van der Waals surface area contributed by atoms with Crippen molar-refractivity contribution < 1.29 is 27.6 Å². The summed E-state index contributed by atoms with van der Waals surface area (Å²) in [5, 5.41) is 0. The van der Waals surface area contributed by atoms with Gasteiger partial charge in [0.05, 0.1) is 32.3 Å². The zero-order valence-corrected chi connectivity index (χ0v) is 29.9. The van der Waals surface area contributed by atoms with Crippen molar-refractivity contribution in [3.63, 3.8) is 0 Å². The minimum Gasteiger partial charge on any atom is -0.498 e. The highest BCUT2D eigenvalue weighted by Crippen LogP contribution is 2.52. The van der Waals surface area contributed by atoms with Crippen molar-refractivity contribution >= 4 is 7.82 Å². The van der Waals surface area contributed by atoms with E-state index in [0.717, 1.165) is 12.8 Å². The fraction of sp³-hybridized carbons (Fsp3) is 0.892. The van der Waals surface area contributed by atoms with Crippen LogP contribution >= 0.6 is 7.82 Å². The summed E-state index contributed by atoms with van der Waals surface area (Å²) in [5.74, 6) is 0. The van der Waals surface area contributed by atoms with Gasteiger partial charge >= 0.3 is 7.82 Å². The number of unbranched alkanes of at least 4 members (excludes halogenated alkanes) is 24. The molecule has 1 fully saturated rings. The molecule has 0 aromatic heterocycles. The van der Waals surface area contributed by atoms with Crippen molar-refractivity contribution in [3.05, 3.63) is 24.7 Å². The molecule has 0 spiro atoms. The topological polar surface area (TPSA) is 63.2 Å². The number of rotatable bonds is 34. The first-order valence-electron chi connectivity index (χ1n) is 18.8. The van der Waals surface area contributed by atoms with Gasteiger partial charge in [-0.1, -0.05) is 155 Å². The first-order valence-corrected chi connectivity index (χ1v) is 20.3. The van der Waals surface area contributed by atoms with Gasteiger partial charge in [-0.05, 0) is 37.8 Å². The molecule has 1 unspecified atom stereocenters. The van der Waals surface area contributed by atoms with Crippen LogP contribution in [0.5, 0.6) is 0 Å². The Labute approximate surface area is 273 Å². The molecule has 260 valence electrons. The van der Waals surface area contributed by atoms with Crippen LogP contribution in [-0.2, 0) is 27.6 Å². The number of phosphoric acid groups is 1. The predicted octanol–water partition coefficient (Wildman–Crippen LogP) is 12.8. The van der Waals surface area contributed by atoms with Crippen LogP contribution in [0.25, 0.3) is 0 Å². The van der Waals surface area contributed by atoms with Crippen LogP contribution in [0.2, 0.25) is 0 Å². The van der Waals surface area contributed by atoms with E-state index in [4.69, 9.17) is 23.0 Å². The molecule has 0 amide bonds. The molecule has 0 aromatic rings. The van der Waals surface area contributed by atoms with E-state index in [1.807, 2.05) is 0 Å². The van der Waals surface area contributed by atoms with E-state index in [2.05, 4.69) is 26.0 Å². The SMILES string of the molecule is CCCCCCCCCCCCCC/C=C\OCC(COP1(=O)OCCO1)O/C=C\CCCCCCCCCCCCCC. The minimum absolute atomic E-state index is 0.0901. The molecule has 1 heterocycles. The summed E-state index contributed by atoms with van der Waals surface area (Å²) in [6, 6.07) is 0. The minimum atomic E-state index is -3.45. The summed E-state index contributed by atoms with van der Waals surface area (Å²) < 4.78 is 39.7. The van der Waals surface area contributed by atoms with E-state index >= 15 is 0 Å². The molecule has 1 aliphatic rings. The Kier molecular flexibility index (Phi) is 30.1. The monoisotopic (exact) mass is 642 g/mol. The lowest BCUT2D eigenvalue weighted by Crippen LogP contribution is -2.22. The Morgan fingerprint density at radius 2 is 0.932 bits per heavy atom. The second-order valence-corrected chi connectivity index (χ2v) is 14.3. The molecular formula is C37H71O6P. The third kappa shape index (κ3) is 27.5. The van der Waals surface area contributed by atoms with Gasteiger partial charge < -0.3 is 9.47 Å². The second kappa shape index (κ2) is 32.1. The van der Waals surface area contributed by atoms with Crippen LogP contribution < -0.4 is 0 Å². The zero-order valence-electron chi connectivity index (χ0n) is 29.0. The van der Waals surface area contributed by atoms with Crippen molar-refractivity contribution in [2.75, 3.05) is 26.4 Å². The van der Waals surface area contributed by atoms with E-state index in [9.17, 15) is 4.57 Å². The van der Waals surface area contributed by atoms with Crippen LogP contribution in [0.3, 0.4) is 0 Å². The number of hydrogen-bond donors (Lipinski definition) is 0. The van der Waals surface area contributed by atoms with E-state index in [1.165, 1.54) is 154 Å². The average Bonchev–Trinajstić information content (AvgIpc) is 3.47. The van der Waals surface area contributed by atoms with Crippen LogP contribution in [-0.4, -0.2) is 32.5 Å². The molecule has 0 saturated carbocycles. The third-order valence-corrected chi connectivity index (χ3v) is 9.75. The standard InChI is InChI=1S/C37H71O6P/c1-3-5-7-9-11-13-15-17-19-21-23-25-27-29-31-39-35-37(36-43-44(38)41-33-34-42-44)40-32-30-28-26-24-22-20-18-16-14-12-10-8-6-4-2/h29-32,37H,3-28,33-36H2,1-2H3/b31-29-,32-30-. The molecule has 7 heteroatoms. The molecule has 44 heavy (non-hydrogen) atoms. The van der Waals surface area contributed by atoms with E-state index in [1.54, 1.807) is 12.5 Å². The van der Waals surface area contributed by atoms with E-state index < -0.39 is 7.82 Å². The van der Waals surface area contributed by atoms with Crippen molar-refractivity contribution in [1.29, 1.82) is 0 Å². The van der Waals surface area contributed by atoms with Gasteiger partial charge in [-0.2, -0.15) is 0 Å². The summed E-state index contributed by atoms with van der Waals surface area (Å²) in [6.07, 6.45) is 41.8. The van der Waals surface area contributed by atoms with Crippen molar-refractivity contribution in [2.45, 2.75) is 187 Å². The first-order chi connectivity index (χ1) is 21.7. The van der Waals surface area contributed by atoms with Crippen molar-refractivity contribution in [3.8, 4) is 0 Å². The van der Waals surface area contributed by atoms with Crippen LogP contribution in [0.15, 0.2) is 24.7 Å². The molecule has 1 rings (SSSR count). The maximum Gasteiger partial charge on any atom is 0.475 e. The predicted molar refractivity (Wildman–Crippen MR) is 186 cm³/mol. The zero-order chi connectivity index (χ0) is 31.7. The third-order valence-electron chi connectivity index (χ3n) is 8.29. The second-order valence-electron chi connectivity index (χ2n) is 12.6. The Morgan fingerprint density at radius 3 is 1.36 bits per heavy atom. The van der Waals surface area contributed by atoms with Gasteiger partial charge in [-0.3, -0.25) is 13.6 Å². The van der Waals surface area contributed by atoms with E-state index in [-0.39, 0.29) is 12.7 Å². The van der Waals surface area contributed by atoms with Gasteiger partial charge in [-0.25, -0.2) is 4.57 Å². The Bertz CT molecular complexity index is 687. The van der Waals surface area contributed by atoms with Gasteiger partial charge in [0.2, 0.25) is 0 Å². The van der Waals surface area contributed by atoms with Crippen LogP contribution in [0, 0.1) is 0 Å². The largest absolute Gasteiger partial charge is 0.498 e. The number of hydrogen-bond acceptors (Lipinski definition) is 6. The molecule has 0 bridgehead atoms. The molecule has 1 aliphatic heterocycles. The van der Waals surface area contributed by atoms with Gasteiger partial charge in [0.1, 0.15) is 6.61 Å². The lowest BCUT2D eigenvalue weighted by Gasteiger charge is -2.18. The first kappa shape index (κ1) is 41.2. The number of ether oxygens (including phenoxy) is 2. The Balaban J connectivity index is 2.09. The summed E-state index contributed by atoms with van der Waals surface area (Å²) in [4.78, 5) is 0. The van der Waals surface area contributed by atoms with Crippen LogP contribution in [0.4, 0.5) is 0 Å². The van der Waals surface area contributed by atoms with Gasteiger partial charge in [0.25, 0.3) is 0 Å². The summed E-state index contributed by atoms with van der Waals surface area (Å²) in [5.41, 5.74) is 0. The van der Waals surface area contributed by atoms with Crippen LogP contribution in [0.1, 0.15) is 181 Å². The summed E-state index contributed by atoms with van der Waals surface area (Å²) >= 11 is 0. The fourth-order valence-electron chi connectivity index (χ4n) is 5.45. The van der Waals surface area contributed by atoms with Crippen molar-refractivity contribution in [1.82, 2.24) is 0 Å². The van der Waals surface area contributed by atoms with E-state index in [0.29, 0.717) is 19.8 Å². The smallest absolute Gasteiger partial charge is 0.475 e.